The van der Waals surface area contributed by atoms with E-state index in [1.807, 2.05) is 20.8 Å². The minimum atomic E-state index is -1.08. The summed E-state index contributed by atoms with van der Waals surface area (Å²) in [6, 6.07) is 4.89. The number of hydrogen-bond donors (Lipinski definition) is 2. The first-order valence-corrected chi connectivity index (χ1v) is 13.1. The van der Waals surface area contributed by atoms with Crippen LogP contribution in [-0.2, 0) is 23.9 Å². The Bertz CT molecular complexity index is 993. The van der Waals surface area contributed by atoms with Crippen molar-refractivity contribution in [1.82, 2.24) is 15.5 Å². The molecule has 38 heavy (non-hydrogen) atoms. The second-order valence-electron chi connectivity index (χ2n) is 10.2. The Morgan fingerprint density at radius 3 is 2.32 bits per heavy atom. The van der Waals surface area contributed by atoms with Crippen LogP contribution in [0.4, 0.5) is 4.79 Å². The molecule has 2 atom stereocenters. The second kappa shape index (κ2) is 15.7. The maximum Gasteiger partial charge on any atom is 0.408 e. The van der Waals surface area contributed by atoms with E-state index in [1.54, 1.807) is 52.0 Å². The summed E-state index contributed by atoms with van der Waals surface area (Å²) >= 11 is 0. The summed E-state index contributed by atoms with van der Waals surface area (Å²) in [6.07, 6.45) is 6.40. The Kier molecular flexibility index (Phi) is 13.4. The maximum atomic E-state index is 14.0. The molecule has 0 heterocycles. The molecule has 0 fully saturated rings. The van der Waals surface area contributed by atoms with E-state index in [0.717, 1.165) is 6.42 Å². The Morgan fingerprint density at radius 2 is 1.76 bits per heavy atom. The average molecular weight is 530 g/mol. The van der Waals surface area contributed by atoms with Crippen LogP contribution in [0.2, 0.25) is 0 Å². The quantitative estimate of drug-likeness (QED) is 0.295. The van der Waals surface area contributed by atoms with E-state index in [2.05, 4.69) is 16.6 Å². The Balaban J connectivity index is 3.46. The van der Waals surface area contributed by atoms with Crippen molar-refractivity contribution in [2.75, 3.05) is 19.7 Å². The van der Waals surface area contributed by atoms with Gasteiger partial charge in [0, 0.05) is 18.7 Å². The summed E-state index contributed by atoms with van der Waals surface area (Å²) in [7, 11) is 0. The monoisotopic (exact) mass is 529 g/mol. The van der Waals surface area contributed by atoms with Crippen LogP contribution in [0.5, 0.6) is 0 Å². The van der Waals surface area contributed by atoms with E-state index < -0.39 is 41.6 Å². The minimum Gasteiger partial charge on any atom is -0.466 e. The van der Waals surface area contributed by atoms with Crippen LogP contribution in [0, 0.1) is 18.3 Å². The first kappa shape index (κ1) is 32.5. The SMILES string of the molecule is C#Cc1ccccc1C(C(=O)NCCC(=O)OCC)N(CCCC)C(=O)C(NC(=O)OC(C)(C)C)C(C)C. The zero-order valence-corrected chi connectivity index (χ0v) is 23.8. The minimum absolute atomic E-state index is 0.0131. The Hall–Kier alpha value is -3.54. The lowest BCUT2D eigenvalue weighted by molar-refractivity contribution is -0.144. The highest BCUT2D eigenvalue weighted by Gasteiger charge is 2.38. The zero-order chi connectivity index (χ0) is 28.9. The van der Waals surface area contributed by atoms with Crippen molar-refractivity contribution in [2.45, 2.75) is 85.4 Å². The van der Waals surface area contributed by atoms with Crippen molar-refractivity contribution in [3.63, 3.8) is 0 Å². The van der Waals surface area contributed by atoms with Gasteiger partial charge in [-0.1, -0.05) is 51.3 Å². The molecule has 0 aliphatic carbocycles. The third-order valence-corrected chi connectivity index (χ3v) is 5.55. The van der Waals surface area contributed by atoms with Crippen LogP contribution in [0.3, 0.4) is 0 Å². The number of hydrogen-bond acceptors (Lipinski definition) is 6. The van der Waals surface area contributed by atoms with Crippen molar-refractivity contribution < 1.29 is 28.7 Å². The van der Waals surface area contributed by atoms with Crippen LogP contribution < -0.4 is 10.6 Å². The van der Waals surface area contributed by atoms with E-state index >= 15 is 0 Å². The number of terminal acetylenes is 1. The van der Waals surface area contributed by atoms with Crippen LogP contribution in [0.25, 0.3) is 0 Å². The molecule has 0 spiro atoms. The summed E-state index contributed by atoms with van der Waals surface area (Å²) in [5.41, 5.74) is 0.199. The van der Waals surface area contributed by atoms with Crippen molar-refractivity contribution in [2.24, 2.45) is 5.92 Å². The van der Waals surface area contributed by atoms with E-state index in [9.17, 15) is 19.2 Å². The molecule has 0 aliphatic rings. The predicted molar refractivity (Wildman–Crippen MR) is 146 cm³/mol. The van der Waals surface area contributed by atoms with Gasteiger partial charge in [-0.2, -0.15) is 0 Å². The van der Waals surface area contributed by atoms with Crippen LogP contribution in [0.1, 0.15) is 84.9 Å². The first-order chi connectivity index (χ1) is 17.9. The Morgan fingerprint density at radius 1 is 1.11 bits per heavy atom. The third-order valence-electron chi connectivity index (χ3n) is 5.55. The highest BCUT2D eigenvalue weighted by molar-refractivity contribution is 5.92. The smallest absolute Gasteiger partial charge is 0.408 e. The number of esters is 1. The molecule has 0 aromatic heterocycles. The fourth-order valence-electron chi connectivity index (χ4n) is 3.76. The molecule has 0 radical (unpaired) electrons. The summed E-state index contributed by atoms with van der Waals surface area (Å²) in [6.45, 7) is 13.0. The summed E-state index contributed by atoms with van der Waals surface area (Å²) in [4.78, 5) is 53.5. The second-order valence-corrected chi connectivity index (χ2v) is 10.2. The molecule has 0 bridgehead atoms. The predicted octanol–water partition coefficient (Wildman–Crippen LogP) is 3.96. The molecule has 9 nitrogen and oxygen atoms in total. The van der Waals surface area contributed by atoms with E-state index in [4.69, 9.17) is 15.9 Å². The number of carbonyl (C=O) groups excluding carboxylic acids is 4. The number of unbranched alkanes of at least 4 members (excludes halogenated alkanes) is 1. The molecule has 1 aromatic carbocycles. The fraction of sp³-hybridized carbons (Fsp3) is 0.586. The van der Waals surface area contributed by atoms with Gasteiger partial charge in [0.25, 0.3) is 0 Å². The molecule has 0 aliphatic heterocycles. The summed E-state index contributed by atoms with van der Waals surface area (Å²) in [5.74, 6) is 0.948. The first-order valence-electron chi connectivity index (χ1n) is 13.1. The highest BCUT2D eigenvalue weighted by atomic mass is 16.6. The van der Waals surface area contributed by atoms with E-state index in [-0.39, 0.29) is 32.0 Å². The van der Waals surface area contributed by atoms with Crippen LogP contribution >= 0.6 is 0 Å². The lowest BCUT2D eigenvalue weighted by Crippen LogP contribution is -2.55. The van der Waals surface area contributed by atoms with Crippen molar-refractivity contribution in [3.8, 4) is 12.3 Å². The average Bonchev–Trinajstić information content (AvgIpc) is 2.83. The molecule has 3 amide bonds. The van der Waals surface area contributed by atoms with Gasteiger partial charge in [-0.3, -0.25) is 14.4 Å². The number of alkyl carbamates (subject to hydrolysis) is 1. The molecule has 210 valence electrons. The number of amides is 3. The van der Waals surface area contributed by atoms with Crippen molar-refractivity contribution >= 4 is 23.9 Å². The number of ether oxygens (including phenoxy) is 2. The normalized spacial score (nSPS) is 12.6. The van der Waals surface area contributed by atoms with Gasteiger partial charge in [0.2, 0.25) is 11.8 Å². The number of nitrogens with one attached hydrogen (secondary N) is 2. The molecule has 9 heteroatoms. The van der Waals surface area contributed by atoms with Gasteiger partial charge in [-0.15, -0.1) is 6.42 Å². The molecular weight excluding hydrogens is 486 g/mol. The standard InChI is InChI=1S/C29H43N3O6/c1-9-12-19-32(27(35)24(20(4)5)31-28(36)38-29(6,7)8)25(22-16-14-13-15-21(22)10-2)26(34)30-18-17-23(33)37-11-3/h2,13-16,20,24-25H,9,11-12,17-19H2,1,3-8H3,(H,30,34)(H,31,36). The fourth-order valence-corrected chi connectivity index (χ4v) is 3.76. The van der Waals surface area contributed by atoms with Gasteiger partial charge in [0.1, 0.15) is 17.7 Å². The lowest BCUT2D eigenvalue weighted by atomic mass is 9.95. The zero-order valence-electron chi connectivity index (χ0n) is 23.8. The molecule has 0 saturated carbocycles. The molecule has 1 aromatic rings. The third kappa shape index (κ3) is 10.4. The van der Waals surface area contributed by atoms with Gasteiger partial charge < -0.3 is 25.0 Å². The van der Waals surface area contributed by atoms with Gasteiger partial charge in [-0.05, 0) is 51.7 Å². The van der Waals surface area contributed by atoms with Gasteiger partial charge >= 0.3 is 12.1 Å². The molecule has 2 N–H and O–H groups in total. The van der Waals surface area contributed by atoms with Crippen molar-refractivity contribution in [3.05, 3.63) is 35.4 Å². The highest BCUT2D eigenvalue weighted by Crippen LogP contribution is 2.27. The molecule has 2 unspecified atom stereocenters. The van der Waals surface area contributed by atoms with Crippen LogP contribution in [-0.4, -0.2) is 60.1 Å². The van der Waals surface area contributed by atoms with Crippen LogP contribution in [0.15, 0.2) is 24.3 Å². The number of carbonyl (C=O) groups is 4. The molecular formula is C29H43N3O6. The summed E-state index contributed by atoms with van der Waals surface area (Å²) < 4.78 is 10.3. The Labute approximate surface area is 227 Å². The number of rotatable bonds is 13. The van der Waals surface area contributed by atoms with E-state index in [1.165, 1.54) is 4.90 Å². The molecule has 0 saturated heterocycles. The molecule has 1 rings (SSSR count). The van der Waals surface area contributed by atoms with Crippen molar-refractivity contribution in [1.29, 1.82) is 0 Å². The number of benzene rings is 1. The lowest BCUT2D eigenvalue weighted by Gasteiger charge is -2.36. The van der Waals surface area contributed by atoms with E-state index in [0.29, 0.717) is 17.5 Å². The maximum absolute atomic E-state index is 14.0. The van der Waals surface area contributed by atoms with Gasteiger partial charge in [0.05, 0.1) is 13.0 Å². The topological polar surface area (TPSA) is 114 Å². The van der Waals surface area contributed by atoms with Gasteiger partial charge in [-0.25, -0.2) is 4.79 Å². The number of nitrogens with zero attached hydrogens (tertiary/aromatic N) is 1. The van der Waals surface area contributed by atoms with Gasteiger partial charge in [0.15, 0.2) is 0 Å². The largest absolute Gasteiger partial charge is 0.466 e. The summed E-state index contributed by atoms with van der Waals surface area (Å²) in [5, 5.41) is 5.45.